The number of rotatable bonds is 5. The Labute approximate surface area is 146 Å². The van der Waals surface area contributed by atoms with Crippen molar-refractivity contribution in [3.05, 3.63) is 35.6 Å². The van der Waals surface area contributed by atoms with Gasteiger partial charge in [-0.3, -0.25) is 4.79 Å². The summed E-state index contributed by atoms with van der Waals surface area (Å²) >= 11 is 0. The predicted octanol–water partition coefficient (Wildman–Crippen LogP) is 1.82. The van der Waals surface area contributed by atoms with Crippen molar-refractivity contribution in [1.82, 2.24) is 25.1 Å². The van der Waals surface area contributed by atoms with Gasteiger partial charge in [-0.05, 0) is 13.0 Å². The molecule has 1 aliphatic heterocycles. The van der Waals surface area contributed by atoms with Crippen LogP contribution in [-0.2, 0) is 16.0 Å². The summed E-state index contributed by atoms with van der Waals surface area (Å²) in [5, 5.41) is 7.99. The van der Waals surface area contributed by atoms with E-state index in [0.29, 0.717) is 50.1 Å². The maximum absolute atomic E-state index is 12.5. The summed E-state index contributed by atoms with van der Waals surface area (Å²) in [4.78, 5) is 22.8. The summed E-state index contributed by atoms with van der Waals surface area (Å²) in [5.74, 6) is 2.06. The van der Waals surface area contributed by atoms with Crippen LogP contribution in [0.5, 0.6) is 0 Å². The molecule has 2 aromatic heterocycles. The third-order valence-corrected chi connectivity index (χ3v) is 4.08. The van der Waals surface area contributed by atoms with Crippen molar-refractivity contribution >= 4 is 5.91 Å². The fourth-order valence-corrected chi connectivity index (χ4v) is 2.68. The van der Waals surface area contributed by atoms with E-state index < -0.39 is 0 Å². The van der Waals surface area contributed by atoms with Crippen molar-refractivity contribution in [1.29, 1.82) is 0 Å². The zero-order valence-electron chi connectivity index (χ0n) is 14.8. The van der Waals surface area contributed by atoms with E-state index in [2.05, 4.69) is 20.2 Å². The van der Waals surface area contributed by atoms with Crippen molar-refractivity contribution < 1.29 is 13.9 Å². The largest absolute Gasteiger partial charge is 0.425 e. The zero-order chi connectivity index (χ0) is 17.8. The van der Waals surface area contributed by atoms with Crippen LogP contribution in [0.15, 0.2) is 16.7 Å². The average molecular weight is 345 g/mol. The molecule has 1 aliphatic rings. The van der Waals surface area contributed by atoms with Crippen LogP contribution < -0.4 is 0 Å². The number of aryl methyl sites for hydroxylation is 2. The number of ether oxygens (including phenoxy) is 1. The van der Waals surface area contributed by atoms with Gasteiger partial charge in [-0.15, -0.1) is 10.2 Å². The van der Waals surface area contributed by atoms with Crippen LogP contribution >= 0.6 is 0 Å². The third-order valence-electron chi connectivity index (χ3n) is 4.08. The monoisotopic (exact) mass is 345 g/mol. The highest BCUT2D eigenvalue weighted by atomic mass is 16.5. The number of carbonyl (C=O) groups is 1. The van der Waals surface area contributed by atoms with Gasteiger partial charge in [0.25, 0.3) is 0 Å². The highest BCUT2D eigenvalue weighted by molar-refractivity contribution is 5.76. The molecule has 134 valence electrons. The minimum absolute atomic E-state index is 0.0587. The molecule has 2 aromatic rings. The molecule has 0 saturated carbocycles. The molecule has 0 spiro atoms. The average Bonchev–Trinajstić information content (AvgIpc) is 3.09. The molecule has 1 atom stereocenters. The summed E-state index contributed by atoms with van der Waals surface area (Å²) in [6, 6.07) is 1.83. The van der Waals surface area contributed by atoms with E-state index in [9.17, 15) is 4.79 Å². The standard InChI is InChI=1S/C17H23N5O3/c1-11(2)17-21-20-15(25-17)4-5-16(23)22-8-9-24-14(10-22)13-6-7-18-12(3)19-13/h6-7,11,14H,4-5,8-10H2,1-3H3/t14-/m0/s1. The van der Waals surface area contributed by atoms with Crippen LogP contribution in [-0.4, -0.2) is 50.7 Å². The number of hydrogen-bond acceptors (Lipinski definition) is 7. The van der Waals surface area contributed by atoms with E-state index >= 15 is 0 Å². The van der Waals surface area contributed by atoms with Gasteiger partial charge in [0, 0.05) is 31.5 Å². The molecule has 1 fully saturated rings. The molecule has 25 heavy (non-hydrogen) atoms. The molecule has 0 aliphatic carbocycles. The Kier molecular flexibility index (Phi) is 5.37. The van der Waals surface area contributed by atoms with Crippen molar-refractivity contribution in [2.45, 2.75) is 45.6 Å². The van der Waals surface area contributed by atoms with E-state index in [1.165, 1.54) is 0 Å². The number of carbonyl (C=O) groups excluding carboxylic acids is 1. The Balaban J connectivity index is 1.56. The van der Waals surface area contributed by atoms with E-state index in [-0.39, 0.29) is 17.9 Å². The van der Waals surface area contributed by atoms with Crippen LogP contribution in [0.2, 0.25) is 0 Å². The first-order valence-corrected chi connectivity index (χ1v) is 8.54. The molecule has 8 nitrogen and oxygen atoms in total. The molecule has 0 N–H and O–H groups in total. The van der Waals surface area contributed by atoms with Gasteiger partial charge in [-0.2, -0.15) is 0 Å². The quantitative estimate of drug-likeness (QED) is 0.816. The van der Waals surface area contributed by atoms with Gasteiger partial charge >= 0.3 is 0 Å². The molecule has 3 rings (SSSR count). The van der Waals surface area contributed by atoms with Gasteiger partial charge in [0.05, 0.1) is 18.8 Å². The Morgan fingerprint density at radius 1 is 1.40 bits per heavy atom. The molecule has 8 heteroatoms. The summed E-state index contributed by atoms with van der Waals surface area (Å²) < 4.78 is 11.3. The van der Waals surface area contributed by atoms with E-state index in [1.54, 1.807) is 6.20 Å². The molecular weight excluding hydrogens is 322 g/mol. The second-order valence-corrected chi connectivity index (χ2v) is 6.42. The molecule has 0 aromatic carbocycles. The van der Waals surface area contributed by atoms with Crippen molar-refractivity contribution in [3.8, 4) is 0 Å². The summed E-state index contributed by atoms with van der Waals surface area (Å²) in [5.41, 5.74) is 0.809. The topological polar surface area (TPSA) is 94.2 Å². The van der Waals surface area contributed by atoms with Crippen LogP contribution in [0.25, 0.3) is 0 Å². The maximum atomic E-state index is 12.5. The lowest BCUT2D eigenvalue weighted by Gasteiger charge is -2.32. The summed E-state index contributed by atoms with van der Waals surface area (Å²) in [6.45, 7) is 7.40. The fraction of sp³-hybridized carbons (Fsp3) is 0.588. The lowest BCUT2D eigenvalue weighted by molar-refractivity contribution is -0.139. The fourth-order valence-electron chi connectivity index (χ4n) is 2.68. The first-order chi connectivity index (χ1) is 12.0. The van der Waals surface area contributed by atoms with Crippen LogP contribution in [0.3, 0.4) is 0 Å². The predicted molar refractivity (Wildman–Crippen MR) is 88.8 cm³/mol. The first-order valence-electron chi connectivity index (χ1n) is 8.54. The number of amides is 1. The number of nitrogens with zero attached hydrogens (tertiary/aromatic N) is 5. The van der Waals surface area contributed by atoms with Crippen LogP contribution in [0, 0.1) is 6.92 Å². The first kappa shape index (κ1) is 17.5. The van der Waals surface area contributed by atoms with Gasteiger partial charge < -0.3 is 14.1 Å². The van der Waals surface area contributed by atoms with E-state index in [0.717, 1.165) is 5.69 Å². The number of aromatic nitrogens is 4. The lowest BCUT2D eigenvalue weighted by Crippen LogP contribution is -2.42. The SMILES string of the molecule is Cc1nccc([C@@H]2CN(C(=O)CCc3nnc(C(C)C)o3)CCO2)n1. The van der Waals surface area contributed by atoms with Gasteiger partial charge in [0.1, 0.15) is 11.9 Å². The lowest BCUT2D eigenvalue weighted by atomic mass is 10.1. The Morgan fingerprint density at radius 2 is 2.24 bits per heavy atom. The number of morpholine rings is 1. The second-order valence-electron chi connectivity index (χ2n) is 6.42. The van der Waals surface area contributed by atoms with Crippen molar-refractivity contribution in [2.24, 2.45) is 0 Å². The van der Waals surface area contributed by atoms with Crippen molar-refractivity contribution in [2.75, 3.05) is 19.7 Å². The Morgan fingerprint density at radius 3 is 2.96 bits per heavy atom. The Bertz CT molecular complexity index is 731. The normalized spacial score (nSPS) is 17.9. The van der Waals surface area contributed by atoms with Gasteiger partial charge in [-0.1, -0.05) is 13.8 Å². The van der Waals surface area contributed by atoms with Gasteiger partial charge in [0.2, 0.25) is 17.7 Å². The van der Waals surface area contributed by atoms with Crippen molar-refractivity contribution in [3.63, 3.8) is 0 Å². The molecule has 1 amide bonds. The third kappa shape index (κ3) is 4.39. The molecular formula is C17H23N5O3. The van der Waals surface area contributed by atoms with E-state index in [1.807, 2.05) is 31.7 Å². The molecule has 0 radical (unpaired) electrons. The minimum Gasteiger partial charge on any atom is -0.425 e. The zero-order valence-corrected chi connectivity index (χ0v) is 14.8. The highest BCUT2D eigenvalue weighted by Crippen LogP contribution is 2.21. The molecule has 0 bridgehead atoms. The van der Waals surface area contributed by atoms with E-state index in [4.69, 9.17) is 9.15 Å². The summed E-state index contributed by atoms with van der Waals surface area (Å²) in [7, 11) is 0. The highest BCUT2D eigenvalue weighted by Gasteiger charge is 2.26. The summed E-state index contributed by atoms with van der Waals surface area (Å²) in [6.07, 6.45) is 2.29. The number of hydrogen-bond donors (Lipinski definition) is 0. The van der Waals surface area contributed by atoms with Crippen LogP contribution in [0.4, 0.5) is 0 Å². The molecule has 0 unspecified atom stereocenters. The minimum atomic E-state index is -0.213. The molecule has 3 heterocycles. The molecule has 1 saturated heterocycles. The Hall–Kier alpha value is -2.35. The second kappa shape index (κ2) is 7.69. The maximum Gasteiger partial charge on any atom is 0.223 e. The van der Waals surface area contributed by atoms with Crippen LogP contribution in [0.1, 0.15) is 55.6 Å². The smallest absolute Gasteiger partial charge is 0.223 e. The van der Waals surface area contributed by atoms with Gasteiger partial charge in [0.15, 0.2) is 0 Å². The van der Waals surface area contributed by atoms with Gasteiger partial charge in [-0.25, -0.2) is 9.97 Å².